The van der Waals surface area contributed by atoms with Gasteiger partial charge >= 0.3 is 0 Å². The van der Waals surface area contributed by atoms with Crippen LogP contribution < -0.4 is 10.1 Å². The van der Waals surface area contributed by atoms with Crippen molar-refractivity contribution >= 4 is 0 Å². The van der Waals surface area contributed by atoms with E-state index in [0.717, 1.165) is 17.6 Å². The van der Waals surface area contributed by atoms with Crippen molar-refractivity contribution in [2.75, 3.05) is 20.2 Å². The number of methoxy groups -OCH3 is 1. The van der Waals surface area contributed by atoms with Crippen LogP contribution in [0.15, 0.2) is 18.5 Å². The third-order valence-corrected chi connectivity index (χ3v) is 4.03. The first kappa shape index (κ1) is 10.1. The van der Waals surface area contributed by atoms with Gasteiger partial charge in [-0.3, -0.25) is 4.98 Å². The molecule has 3 atom stereocenters. The molecule has 2 aliphatic rings. The number of hydrogen-bond acceptors (Lipinski definition) is 3. The van der Waals surface area contributed by atoms with Crippen LogP contribution in [-0.4, -0.2) is 25.2 Å². The van der Waals surface area contributed by atoms with E-state index in [0.29, 0.717) is 5.92 Å². The Morgan fingerprint density at radius 2 is 2.25 bits per heavy atom. The van der Waals surface area contributed by atoms with Crippen molar-refractivity contribution in [3.63, 3.8) is 0 Å². The molecule has 1 aromatic heterocycles. The summed E-state index contributed by atoms with van der Waals surface area (Å²) in [5.74, 6) is 3.23. The van der Waals surface area contributed by atoms with Crippen molar-refractivity contribution in [3.8, 4) is 5.75 Å². The molecule has 2 fully saturated rings. The highest BCUT2D eigenvalue weighted by Crippen LogP contribution is 2.44. The Balaban J connectivity index is 1.86. The molecular weight excluding hydrogens is 200 g/mol. The fraction of sp³-hybridized carbons (Fsp3) is 0.615. The monoisotopic (exact) mass is 218 g/mol. The first-order chi connectivity index (χ1) is 7.86. The predicted octanol–water partition coefficient (Wildman–Crippen LogP) is 1.80. The topological polar surface area (TPSA) is 34.1 Å². The summed E-state index contributed by atoms with van der Waals surface area (Å²) in [5, 5.41) is 3.52. The first-order valence-electron chi connectivity index (χ1n) is 6.06. The Hall–Kier alpha value is -1.09. The SMILES string of the molecule is COc1cncc(C2CC3CNCC2C3)c1. The summed E-state index contributed by atoms with van der Waals surface area (Å²) in [6, 6.07) is 2.15. The zero-order valence-corrected chi connectivity index (χ0v) is 9.65. The average Bonchev–Trinajstić information content (AvgIpc) is 2.64. The molecule has 2 heterocycles. The number of piperidine rings is 1. The average molecular weight is 218 g/mol. The van der Waals surface area contributed by atoms with Gasteiger partial charge in [0.2, 0.25) is 0 Å². The van der Waals surface area contributed by atoms with Crippen LogP contribution >= 0.6 is 0 Å². The molecule has 0 spiro atoms. The van der Waals surface area contributed by atoms with E-state index in [2.05, 4.69) is 16.4 Å². The first-order valence-corrected chi connectivity index (χ1v) is 6.06. The van der Waals surface area contributed by atoms with Crippen molar-refractivity contribution in [2.45, 2.75) is 18.8 Å². The van der Waals surface area contributed by atoms with E-state index in [1.165, 1.54) is 31.5 Å². The minimum atomic E-state index is 0.683. The van der Waals surface area contributed by atoms with Crippen LogP contribution in [0.1, 0.15) is 24.3 Å². The maximum absolute atomic E-state index is 5.25. The Morgan fingerprint density at radius 1 is 1.31 bits per heavy atom. The van der Waals surface area contributed by atoms with E-state index in [-0.39, 0.29) is 0 Å². The van der Waals surface area contributed by atoms with Gasteiger partial charge < -0.3 is 10.1 Å². The Kier molecular flexibility index (Phi) is 2.56. The highest BCUT2D eigenvalue weighted by Gasteiger charge is 2.37. The van der Waals surface area contributed by atoms with E-state index < -0.39 is 0 Å². The molecular formula is C13H18N2O. The lowest BCUT2D eigenvalue weighted by atomic mass is 9.90. The summed E-state index contributed by atoms with van der Waals surface area (Å²) in [7, 11) is 1.70. The maximum atomic E-state index is 5.25. The van der Waals surface area contributed by atoms with Gasteiger partial charge in [0.1, 0.15) is 5.75 Å². The van der Waals surface area contributed by atoms with Gasteiger partial charge in [0.25, 0.3) is 0 Å². The van der Waals surface area contributed by atoms with Crippen LogP contribution in [0.25, 0.3) is 0 Å². The van der Waals surface area contributed by atoms with Gasteiger partial charge in [-0.1, -0.05) is 0 Å². The van der Waals surface area contributed by atoms with Crippen molar-refractivity contribution in [3.05, 3.63) is 24.0 Å². The fourth-order valence-corrected chi connectivity index (χ4v) is 3.26. The molecule has 1 aromatic rings. The van der Waals surface area contributed by atoms with Gasteiger partial charge in [-0.15, -0.1) is 0 Å². The summed E-state index contributed by atoms with van der Waals surface area (Å²) in [4.78, 5) is 4.27. The Morgan fingerprint density at radius 3 is 3.06 bits per heavy atom. The highest BCUT2D eigenvalue weighted by molar-refractivity contribution is 5.28. The van der Waals surface area contributed by atoms with Gasteiger partial charge in [0.05, 0.1) is 13.3 Å². The third-order valence-electron chi connectivity index (χ3n) is 4.03. The summed E-state index contributed by atoms with van der Waals surface area (Å²) < 4.78 is 5.25. The van der Waals surface area contributed by atoms with Gasteiger partial charge in [-0.25, -0.2) is 0 Å². The van der Waals surface area contributed by atoms with E-state index in [4.69, 9.17) is 4.74 Å². The standard InChI is InChI=1S/C13H18N2O/c1-16-12-4-11(7-15-8-12)13-3-9-2-10(13)6-14-5-9/h4,7-10,13-14H,2-3,5-6H2,1H3. The molecule has 1 aliphatic heterocycles. The van der Waals surface area contributed by atoms with E-state index >= 15 is 0 Å². The molecule has 3 nitrogen and oxygen atoms in total. The van der Waals surface area contributed by atoms with E-state index in [1.54, 1.807) is 13.3 Å². The number of fused-ring (bicyclic) bond motifs is 2. The van der Waals surface area contributed by atoms with Gasteiger partial charge in [-0.05, 0) is 55.3 Å². The molecule has 1 N–H and O–H groups in total. The zero-order valence-electron chi connectivity index (χ0n) is 9.65. The van der Waals surface area contributed by atoms with Crippen molar-refractivity contribution in [1.82, 2.24) is 10.3 Å². The number of nitrogens with zero attached hydrogens (tertiary/aromatic N) is 1. The van der Waals surface area contributed by atoms with Crippen molar-refractivity contribution in [1.29, 1.82) is 0 Å². The number of ether oxygens (including phenoxy) is 1. The molecule has 3 heteroatoms. The quantitative estimate of drug-likeness (QED) is 0.822. The molecule has 3 rings (SSSR count). The molecule has 1 saturated heterocycles. The van der Waals surface area contributed by atoms with Crippen LogP contribution in [0.2, 0.25) is 0 Å². The Bertz CT molecular complexity index is 380. The van der Waals surface area contributed by atoms with E-state index in [9.17, 15) is 0 Å². The Labute approximate surface area is 96.2 Å². The molecule has 1 saturated carbocycles. The van der Waals surface area contributed by atoms with Crippen molar-refractivity contribution in [2.24, 2.45) is 11.8 Å². The maximum Gasteiger partial charge on any atom is 0.137 e. The number of rotatable bonds is 2. The van der Waals surface area contributed by atoms with Crippen LogP contribution in [0, 0.1) is 11.8 Å². The fourth-order valence-electron chi connectivity index (χ4n) is 3.26. The minimum absolute atomic E-state index is 0.683. The number of hydrogen-bond donors (Lipinski definition) is 1. The molecule has 0 radical (unpaired) electrons. The second kappa shape index (κ2) is 4.06. The molecule has 3 unspecified atom stereocenters. The van der Waals surface area contributed by atoms with Crippen LogP contribution in [0.3, 0.4) is 0 Å². The lowest BCUT2D eigenvalue weighted by molar-refractivity contribution is 0.370. The van der Waals surface area contributed by atoms with Crippen LogP contribution in [-0.2, 0) is 0 Å². The largest absolute Gasteiger partial charge is 0.495 e. The molecule has 1 aliphatic carbocycles. The van der Waals surface area contributed by atoms with Crippen LogP contribution in [0.5, 0.6) is 5.75 Å². The molecule has 16 heavy (non-hydrogen) atoms. The number of nitrogens with one attached hydrogen (secondary N) is 1. The summed E-state index contributed by atoms with van der Waals surface area (Å²) in [6.45, 7) is 2.36. The number of aromatic nitrogens is 1. The predicted molar refractivity (Wildman–Crippen MR) is 62.6 cm³/mol. The lowest BCUT2D eigenvalue weighted by Gasteiger charge is -2.22. The zero-order chi connectivity index (χ0) is 11.0. The van der Waals surface area contributed by atoms with Gasteiger partial charge in [-0.2, -0.15) is 0 Å². The number of pyridine rings is 1. The van der Waals surface area contributed by atoms with Crippen LogP contribution in [0.4, 0.5) is 0 Å². The second-order valence-electron chi connectivity index (χ2n) is 5.02. The summed E-state index contributed by atoms with van der Waals surface area (Å²) in [6.07, 6.45) is 6.48. The normalized spacial score (nSPS) is 32.7. The highest BCUT2D eigenvalue weighted by atomic mass is 16.5. The van der Waals surface area contributed by atoms with Gasteiger partial charge in [0, 0.05) is 6.20 Å². The summed E-state index contributed by atoms with van der Waals surface area (Å²) >= 11 is 0. The second-order valence-corrected chi connectivity index (χ2v) is 5.02. The third kappa shape index (κ3) is 1.69. The minimum Gasteiger partial charge on any atom is -0.495 e. The summed E-state index contributed by atoms with van der Waals surface area (Å²) in [5.41, 5.74) is 1.36. The molecule has 0 aromatic carbocycles. The lowest BCUT2D eigenvalue weighted by Crippen LogP contribution is -2.31. The molecule has 0 amide bonds. The molecule has 2 bridgehead atoms. The van der Waals surface area contributed by atoms with Gasteiger partial charge in [0.15, 0.2) is 0 Å². The smallest absolute Gasteiger partial charge is 0.137 e. The van der Waals surface area contributed by atoms with Crippen molar-refractivity contribution < 1.29 is 4.74 Å². The van der Waals surface area contributed by atoms with E-state index in [1.807, 2.05) is 6.20 Å². The molecule has 86 valence electrons.